The molecular formula is C14H17Cl2N3. The lowest BCUT2D eigenvalue weighted by molar-refractivity contribution is 0.314. The standard InChI is InChI=1S/C14H17Cl2N3/c1-8(2)14(3-4-14)7-19-12-6-10(16)9(15)5-11(12)18-13(19)17/h5-6,8H,3-4,7H2,1-2H3,(H2,17,18). The molecule has 3 nitrogen and oxygen atoms in total. The topological polar surface area (TPSA) is 43.8 Å². The van der Waals surface area contributed by atoms with Crippen molar-refractivity contribution in [3.8, 4) is 0 Å². The van der Waals surface area contributed by atoms with E-state index >= 15 is 0 Å². The highest BCUT2D eigenvalue weighted by Crippen LogP contribution is 2.53. The first-order chi connectivity index (χ1) is 8.93. The number of hydrogen-bond acceptors (Lipinski definition) is 2. The van der Waals surface area contributed by atoms with Gasteiger partial charge in [0.25, 0.3) is 0 Å². The van der Waals surface area contributed by atoms with E-state index in [1.807, 2.05) is 6.07 Å². The van der Waals surface area contributed by atoms with E-state index < -0.39 is 0 Å². The second-order valence-electron chi connectivity index (χ2n) is 5.83. The second-order valence-corrected chi connectivity index (χ2v) is 6.64. The summed E-state index contributed by atoms with van der Waals surface area (Å²) < 4.78 is 2.07. The second kappa shape index (κ2) is 4.29. The lowest BCUT2D eigenvalue weighted by Gasteiger charge is -2.21. The van der Waals surface area contributed by atoms with Crippen molar-refractivity contribution in [2.45, 2.75) is 33.2 Å². The van der Waals surface area contributed by atoms with Crippen LogP contribution in [0.25, 0.3) is 11.0 Å². The van der Waals surface area contributed by atoms with Crippen LogP contribution in [0.1, 0.15) is 26.7 Å². The Bertz CT molecular complexity index is 642. The lowest BCUT2D eigenvalue weighted by Crippen LogP contribution is -2.18. The molecule has 1 aromatic carbocycles. The molecule has 0 spiro atoms. The molecule has 2 N–H and O–H groups in total. The maximum atomic E-state index is 6.10. The summed E-state index contributed by atoms with van der Waals surface area (Å²) >= 11 is 12.1. The van der Waals surface area contributed by atoms with Crippen LogP contribution in [-0.4, -0.2) is 9.55 Å². The van der Waals surface area contributed by atoms with Crippen molar-refractivity contribution in [1.82, 2.24) is 9.55 Å². The van der Waals surface area contributed by atoms with Crippen LogP contribution in [0.3, 0.4) is 0 Å². The fourth-order valence-electron chi connectivity index (χ4n) is 2.70. The van der Waals surface area contributed by atoms with Gasteiger partial charge in [-0.3, -0.25) is 0 Å². The van der Waals surface area contributed by atoms with E-state index in [1.165, 1.54) is 12.8 Å². The van der Waals surface area contributed by atoms with Crippen LogP contribution in [0.4, 0.5) is 5.95 Å². The van der Waals surface area contributed by atoms with Gasteiger partial charge in [0.05, 0.1) is 21.1 Å². The van der Waals surface area contributed by atoms with E-state index in [4.69, 9.17) is 28.9 Å². The third-order valence-electron chi connectivity index (χ3n) is 4.41. The number of nitrogen functional groups attached to an aromatic ring is 1. The highest BCUT2D eigenvalue weighted by Gasteiger charge is 2.46. The fourth-order valence-corrected chi connectivity index (χ4v) is 3.01. The van der Waals surface area contributed by atoms with E-state index in [0.717, 1.165) is 17.6 Å². The van der Waals surface area contributed by atoms with E-state index in [9.17, 15) is 0 Å². The number of imidazole rings is 1. The Kier molecular flexibility index (Phi) is 2.95. The van der Waals surface area contributed by atoms with Crippen LogP contribution in [0.5, 0.6) is 0 Å². The summed E-state index contributed by atoms with van der Waals surface area (Å²) in [6.07, 6.45) is 2.51. The van der Waals surface area contributed by atoms with Crippen molar-refractivity contribution >= 4 is 40.2 Å². The summed E-state index contributed by atoms with van der Waals surface area (Å²) in [6.45, 7) is 5.45. The van der Waals surface area contributed by atoms with Crippen molar-refractivity contribution in [1.29, 1.82) is 0 Å². The minimum atomic E-state index is 0.369. The molecule has 0 bridgehead atoms. The predicted octanol–water partition coefficient (Wildman–Crippen LogP) is 4.36. The zero-order valence-electron chi connectivity index (χ0n) is 11.1. The van der Waals surface area contributed by atoms with Gasteiger partial charge in [-0.2, -0.15) is 0 Å². The predicted molar refractivity (Wildman–Crippen MR) is 80.7 cm³/mol. The Labute approximate surface area is 122 Å². The summed E-state index contributed by atoms with van der Waals surface area (Å²) in [7, 11) is 0. The number of nitrogens with two attached hydrogens (primary N) is 1. The number of fused-ring (bicyclic) bond motifs is 1. The summed E-state index contributed by atoms with van der Waals surface area (Å²) in [5.74, 6) is 1.19. The number of aromatic nitrogens is 2. The van der Waals surface area contributed by atoms with Gasteiger partial charge in [-0.1, -0.05) is 37.0 Å². The molecule has 1 aromatic heterocycles. The molecule has 0 radical (unpaired) electrons. The average molecular weight is 298 g/mol. The normalized spacial score (nSPS) is 17.3. The number of halogens is 2. The number of anilines is 1. The Balaban J connectivity index is 2.08. The Morgan fingerprint density at radius 1 is 1.32 bits per heavy atom. The van der Waals surface area contributed by atoms with E-state index in [0.29, 0.717) is 27.3 Å². The van der Waals surface area contributed by atoms with Crippen LogP contribution in [0.15, 0.2) is 12.1 Å². The molecule has 1 aliphatic carbocycles. The molecule has 102 valence electrons. The molecule has 19 heavy (non-hydrogen) atoms. The van der Waals surface area contributed by atoms with Gasteiger partial charge in [-0.25, -0.2) is 4.98 Å². The maximum Gasteiger partial charge on any atom is 0.201 e. The zero-order valence-corrected chi connectivity index (χ0v) is 12.6. The number of benzene rings is 1. The minimum Gasteiger partial charge on any atom is -0.369 e. The van der Waals surface area contributed by atoms with Crippen LogP contribution in [0, 0.1) is 11.3 Å². The minimum absolute atomic E-state index is 0.369. The highest BCUT2D eigenvalue weighted by molar-refractivity contribution is 6.42. The van der Waals surface area contributed by atoms with Gasteiger partial charge in [0, 0.05) is 6.54 Å². The molecule has 0 unspecified atom stereocenters. The highest BCUT2D eigenvalue weighted by atomic mass is 35.5. The van der Waals surface area contributed by atoms with Gasteiger partial charge >= 0.3 is 0 Å². The van der Waals surface area contributed by atoms with E-state index in [-0.39, 0.29) is 0 Å². The van der Waals surface area contributed by atoms with Gasteiger partial charge in [-0.15, -0.1) is 0 Å². The smallest absolute Gasteiger partial charge is 0.201 e. The molecule has 3 rings (SSSR count). The molecule has 0 saturated heterocycles. The molecular weight excluding hydrogens is 281 g/mol. The summed E-state index contributed by atoms with van der Waals surface area (Å²) in [5.41, 5.74) is 8.21. The summed E-state index contributed by atoms with van der Waals surface area (Å²) in [6, 6.07) is 3.64. The van der Waals surface area contributed by atoms with Crippen LogP contribution in [0.2, 0.25) is 10.0 Å². The molecule has 2 aromatic rings. The molecule has 5 heteroatoms. The lowest BCUT2D eigenvalue weighted by atomic mass is 9.92. The largest absolute Gasteiger partial charge is 0.369 e. The number of nitrogens with zero attached hydrogens (tertiary/aromatic N) is 2. The van der Waals surface area contributed by atoms with Gasteiger partial charge in [0.2, 0.25) is 5.95 Å². The number of hydrogen-bond donors (Lipinski definition) is 1. The van der Waals surface area contributed by atoms with Gasteiger partial charge in [-0.05, 0) is 36.3 Å². The quantitative estimate of drug-likeness (QED) is 0.914. The van der Waals surface area contributed by atoms with E-state index in [2.05, 4.69) is 23.4 Å². The molecule has 1 aliphatic rings. The molecule has 1 fully saturated rings. The van der Waals surface area contributed by atoms with Gasteiger partial charge in [0.1, 0.15) is 0 Å². The average Bonchev–Trinajstić information content (AvgIpc) is 3.06. The van der Waals surface area contributed by atoms with Crippen LogP contribution < -0.4 is 5.73 Å². The van der Waals surface area contributed by atoms with Crippen molar-refractivity contribution in [2.75, 3.05) is 5.73 Å². The Hall–Kier alpha value is -0.930. The van der Waals surface area contributed by atoms with Gasteiger partial charge < -0.3 is 10.3 Å². The third-order valence-corrected chi connectivity index (χ3v) is 5.13. The Morgan fingerprint density at radius 2 is 1.95 bits per heavy atom. The van der Waals surface area contributed by atoms with Crippen molar-refractivity contribution in [3.63, 3.8) is 0 Å². The van der Waals surface area contributed by atoms with Crippen LogP contribution in [-0.2, 0) is 6.54 Å². The first kappa shape index (κ1) is 13.1. The Morgan fingerprint density at radius 3 is 2.53 bits per heavy atom. The van der Waals surface area contributed by atoms with E-state index in [1.54, 1.807) is 6.07 Å². The van der Waals surface area contributed by atoms with Gasteiger partial charge in [0.15, 0.2) is 0 Å². The summed E-state index contributed by atoms with van der Waals surface area (Å²) in [5, 5.41) is 1.06. The molecule has 0 amide bonds. The maximum absolute atomic E-state index is 6.10. The van der Waals surface area contributed by atoms with Crippen LogP contribution >= 0.6 is 23.2 Å². The number of rotatable bonds is 3. The monoisotopic (exact) mass is 297 g/mol. The SMILES string of the molecule is CC(C)C1(Cn2c(N)nc3cc(Cl)c(Cl)cc32)CC1. The zero-order chi connectivity index (χ0) is 13.8. The molecule has 0 aliphatic heterocycles. The van der Waals surface area contributed by atoms with Crippen molar-refractivity contribution in [2.24, 2.45) is 11.3 Å². The molecule has 1 saturated carbocycles. The first-order valence-corrected chi connectivity index (χ1v) is 7.29. The molecule has 0 atom stereocenters. The van der Waals surface area contributed by atoms with Crippen molar-refractivity contribution < 1.29 is 0 Å². The summed E-state index contributed by atoms with van der Waals surface area (Å²) in [4.78, 5) is 4.38. The first-order valence-electron chi connectivity index (χ1n) is 6.54. The third kappa shape index (κ3) is 2.09. The molecule has 1 heterocycles. The van der Waals surface area contributed by atoms with Crippen molar-refractivity contribution in [3.05, 3.63) is 22.2 Å². The fraction of sp³-hybridized carbons (Fsp3) is 0.500.